The summed E-state index contributed by atoms with van der Waals surface area (Å²) in [5.41, 5.74) is 1.68. The molecule has 108 valence electrons. The van der Waals surface area contributed by atoms with Gasteiger partial charge in [0.25, 0.3) is 0 Å². The average Bonchev–Trinajstić information content (AvgIpc) is 2.30. The van der Waals surface area contributed by atoms with Crippen LogP contribution in [0.5, 0.6) is 0 Å². The van der Waals surface area contributed by atoms with Gasteiger partial charge in [-0.2, -0.15) is 0 Å². The van der Waals surface area contributed by atoms with E-state index in [0.29, 0.717) is 5.46 Å². The van der Waals surface area contributed by atoms with E-state index >= 15 is 0 Å². The largest absolute Gasteiger partial charge is 0.488 e. The molecule has 0 aliphatic rings. The van der Waals surface area contributed by atoms with Gasteiger partial charge < -0.3 is 10.0 Å². The summed E-state index contributed by atoms with van der Waals surface area (Å²) in [5.74, 6) is 0. The molecule has 1 rings (SSSR count). The van der Waals surface area contributed by atoms with Crippen molar-refractivity contribution in [3.8, 4) is 0 Å². The summed E-state index contributed by atoms with van der Waals surface area (Å²) >= 11 is 1.59. The number of benzene rings is 1. The Morgan fingerprint density at radius 1 is 1.11 bits per heavy atom. The van der Waals surface area contributed by atoms with Gasteiger partial charge in [-0.25, -0.2) is 0 Å². The lowest BCUT2D eigenvalue weighted by Crippen LogP contribution is -2.29. The predicted molar refractivity (Wildman–Crippen MR) is 87.6 cm³/mol. The zero-order valence-corrected chi connectivity index (χ0v) is 13.7. The number of nitrogens with zero attached hydrogens (tertiary/aromatic N) is 1. The monoisotopic (exact) mass is 283 g/mol. The zero-order valence-electron chi connectivity index (χ0n) is 12.8. The topological polar surface area (TPSA) is 43.7 Å². The fourth-order valence-electron chi connectivity index (χ4n) is 0.912. The number of rotatable bonds is 3. The molecule has 0 saturated heterocycles. The zero-order chi connectivity index (χ0) is 15.4. The van der Waals surface area contributed by atoms with Crippen molar-refractivity contribution in [1.29, 1.82) is 0 Å². The Bertz CT molecular complexity index is 336. The van der Waals surface area contributed by atoms with Crippen molar-refractivity contribution in [1.82, 2.24) is 4.31 Å². The molecule has 2 N–H and O–H groups in total. The SMILES string of the molecule is C=C(C)C.CC.CN(C)Sc1ccc(B(O)O)cc1. The first-order valence-electron chi connectivity index (χ1n) is 6.26. The Morgan fingerprint density at radius 2 is 1.47 bits per heavy atom. The van der Waals surface area contributed by atoms with Gasteiger partial charge in [-0.3, -0.25) is 4.31 Å². The van der Waals surface area contributed by atoms with Gasteiger partial charge in [-0.1, -0.05) is 31.6 Å². The van der Waals surface area contributed by atoms with Gasteiger partial charge in [0, 0.05) is 4.90 Å². The number of hydrogen-bond acceptors (Lipinski definition) is 4. The van der Waals surface area contributed by atoms with E-state index in [2.05, 4.69) is 6.58 Å². The van der Waals surface area contributed by atoms with Crippen molar-refractivity contribution < 1.29 is 10.0 Å². The van der Waals surface area contributed by atoms with Crippen molar-refractivity contribution in [2.24, 2.45) is 0 Å². The minimum absolute atomic E-state index is 0.517. The van der Waals surface area contributed by atoms with Crippen LogP contribution in [0.15, 0.2) is 41.3 Å². The Balaban J connectivity index is 0. The van der Waals surface area contributed by atoms with Crippen LogP contribution in [0.3, 0.4) is 0 Å². The standard InChI is InChI=1S/C8H12BNO2S.C4H8.C2H6/c1-10(2)13-8-5-3-7(4-6-8)9(11)12;1-4(2)3;1-2/h3-6,11-12H,1-2H3;1H2,2-3H3;1-2H3. The molecule has 0 atom stereocenters. The van der Waals surface area contributed by atoms with E-state index in [1.807, 2.05) is 58.2 Å². The van der Waals surface area contributed by atoms with Crippen molar-refractivity contribution in [2.45, 2.75) is 32.6 Å². The summed E-state index contributed by atoms with van der Waals surface area (Å²) in [6.07, 6.45) is 0. The van der Waals surface area contributed by atoms with E-state index in [1.165, 1.54) is 5.57 Å². The van der Waals surface area contributed by atoms with Gasteiger partial charge in [-0.05, 0) is 57.5 Å². The van der Waals surface area contributed by atoms with Crippen molar-refractivity contribution >= 4 is 24.5 Å². The highest BCUT2D eigenvalue weighted by Crippen LogP contribution is 2.17. The second-order valence-corrected chi connectivity index (χ2v) is 5.44. The molecule has 1 aromatic rings. The normalized spacial score (nSPS) is 8.89. The molecule has 0 aliphatic carbocycles. The van der Waals surface area contributed by atoms with E-state index in [-0.39, 0.29) is 0 Å². The smallest absolute Gasteiger partial charge is 0.423 e. The molecule has 19 heavy (non-hydrogen) atoms. The summed E-state index contributed by atoms with van der Waals surface area (Å²) in [5, 5.41) is 17.7. The Hall–Kier alpha value is -0.745. The summed E-state index contributed by atoms with van der Waals surface area (Å²) in [4.78, 5) is 1.08. The second kappa shape index (κ2) is 12.3. The fourth-order valence-corrected chi connectivity index (χ4v) is 1.59. The van der Waals surface area contributed by atoms with Crippen LogP contribution in [0.1, 0.15) is 27.7 Å². The summed E-state index contributed by atoms with van der Waals surface area (Å²) < 4.78 is 1.98. The average molecular weight is 283 g/mol. The maximum Gasteiger partial charge on any atom is 0.488 e. The molecule has 0 heterocycles. The maximum absolute atomic E-state index is 8.83. The van der Waals surface area contributed by atoms with Crippen molar-refractivity contribution in [2.75, 3.05) is 14.1 Å². The molecule has 1 aromatic carbocycles. The lowest BCUT2D eigenvalue weighted by Gasteiger charge is -2.08. The van der Waals surface area contributed by atoms with Gasteiger partial charge in [0.1, 0.15) is 0 Å². The first kappa shape index (κ1) is 20.6. The van der Waals surface area contributed by atoms with Crippen LogP contribution in [0, 0.1) is 0 Å². The van der Waals surface area contributed by atoms with E-state index in [4.69, 9.17) is 10.0 Å². The molecule has 0 radical (unpaired) electrons. The second-order valence-electron chi connectivity index (χ2n) is 4.05. The summed E-state index contributed by atoms with van der Waals surface area (Å²) in [6.45, 7) is 11.5. The molecule has 0 fully saturated rings. The Morgan fingerprint density at radius 3 is 1.74 bits per heavy atom. The molecule has 0 spiro atoms. The molecular weight excluding hydrogens is 257 g/mol. The first-order valence-corrected chi connectivity index (χ1v) is 7.03. The van der Waals surface area contributed by atoms with Gasteiger partial charge in [0.15, 0.2) is 0 Å². The van der Waals surface area contributed by atoms with Crippen molar-refractivity contribution in [3.63, 3.8) is 0 Å². The fraction of sp³-hybridized carbons (Fsp3) is 0.429. The molecule has 0 unspecified atom stereocenters. The maximum atomic E-state index is 8.83. The highest BCUT2D eigenvalue weighted by atomic mass is 32.2. The number of allylic oxidation sites excluding steroid dienone is 1. The van der Waals surface area contributed by atoms with Crippen LogP contribution in [-0.2, 0) is 0 Å². The third-order valence-electron chi connectivity index (χ3n) is 1.47. The molecular formula is C14H26BNO2S. The predicted octanol–water partition coefficient (Wildman–Crippen LogP) is 2.54. The molecule has 0 saturated carbocycles. The van der Waals surface area contributed by atoms with Crippen LogP contribution >= 0.6 is 11.9 Å². The number of hydrogen-bond donors (Lipinski definition) is 2. The molecule has 0 aliphatic heterocycles. The summed E-state index contributed by atoms with van der Waals surface area (Å²) in [7, 11) is 2.54. The minimum atomic E-state index is -1.38. The van der Waals surface area contributed by atoms with Crippen LogP contribution in [0.2, 0.25) is 0 Å². The highest BCUT2D eigenvalue weighted by molar-refractivity contribution is 7.97. The minimum Gasteiger partial charge on any atom is -0.423 e. The van der Waals surface area contributed by atoms with Gasteiger partial charge in [0.05, 0.1) is 0 Å². The van der Waals surface area contributed by atoms with Crippen LogP contribution in [0.4, 0.5) is 0 Å². The van der Waals surface area contributed by atoms with Crippen molar-refractivity contribution in [3.05, 3.63) is 36.4 Å². The molecule has 0 bridgehead atoms. The van der Waals surface area contributed by atoms with E-state index in [0.717, 1.165) is 4.90 Å². The Kier molecular flexibility index (Phi) is 13.3. The van der Waals surface area contributed by atoms with E-state index in [1.54, 1.807) is 24.1 Å². The Labute approximate surface area is 122 Å². The molecule has 0 aromatic heterocycles. The third-order valence-corrected chi connectivity index (χ3v) is 2.31. The molecule has 0 amide bonds. The molecule has 5 heteroatoms. The van der Waals surface area contributed by atoms with Gasteiger partial charge in [0.2, 0.25) is 0 Å². The van der Waals surface area contributed by atoms with Gasteiger partial charge in [-0.15, -0.1) is 6.58 Å². The molecule has 3 nitrogen and oxygen atoms in total. The third kappa shape index (κ3) is 13.5. The highest BCUT2D eigenvalue weighted by Gasteiger charge is 2.09. The lowest BCUT2D eigenvalue weighted by molar-refractivity contribution is 0.426. The summed E-state index contributed by atoms with van der Waals surface area (Å²) in [6, 6.07) is 7.13. The van der Waals surface area contributed by atoms with Crippen LogP contribution in [0.25, 0.3) is 0 Å². The van der Waals surface area contributed by atoms with E-state index < -0.39 is 7.12 Å². The van der Waals surface area contributed by atoms with Crippen LogP contribution < -0.4 is 5.46 Å². The lowest BCUT2D eigenvalue weighted by atomic mass is 9.81. The van der Waals surface area contributed by atoms with Gasteiger partial charge >= 0.3 is 7.12 Å². The van der Waals surface area contributed by atoms with Crippen LogP contribution in [-0.4, -0.2) is 35.6 Å². The van der Waals surface area contributed by atoms with E-state index in [9.17, 15) is 0 Å². The quantitative estimate of drug-likeness (QED) is 0.508. The first-order chi connectivity index (χ1) is 8.82.